The third-order valence-corrected chi connectivity index (χ3v) is 4.03. The van der Waals surface area contributed by atoms with E-state index >= 15 is 0 Å². The average Bonchev–Trinajstić information content (AvgIpc) is 2.33. The standard InChI is InChI=1S/C15H23NO2S/c1-5-10-16-15(11-12(2)3)13-6-8-14(9-7-13)19(4,17)18/h6-9,15-16H,2,5,10-11H2,1,3-4H3. The molecule has 1 aromatic carbocycles. The first-order chi connectivity index (χ1) is 8.84. The largest absolute Gasteiger partial charge is 0.310 e. The molecule has 1 atom stereocenters. The summed E-state index contributed by atoms with van der Waals surface area (Å²) in [5, 5.41) is 3.46. The van der Waals surface area contributed by atoms with E-state index in [1.165, 1.54) is 6.26 Å². The number of rotatable bonds is 7. The molecule has 0 radical (unpaired) electrons. The van der Waals surface area contributed by atoms with Crippen molar-refractivity contribution < 1.29 is 8.42 Å². The predicted octanol–water partition coefficient (Wildman–Crippen LogP) is 3.10. The van der Waals surface area contributed by atoms with Crippen molar-refractivity contribution in [3.05, 3.63) is 42.0 Å². The van der Waals surface area contributed by atoms with Crippen molar-refractivity contribution in [1.29, 1.82) is 0 Å². The van der Waals surface area contributed by atoms with Gasteiger partial charge in [-0.05, 0) is 44.0 Å². The van der Waals surface area contributed by atoms with E-state index in [9.17, 15) is 8.42 Å². The normalized spacial score (nSPS) is 13.2. The van der Waals surface area contributed by atoms with Crippen LogP contribution in [0.1, 0.15) is 38.3 Å². The molecule has 19 heavy (non-hydrogen) atoms. The van der Waals surface area contributed by atoms with Gasteiger partial charge in [0.15, 0.2) is 9.84 Å². The molecule has 0 saturated carbocycles. The average molecular weight is 281 g/mol. The van der Waals surface area contributed by atoms with Crippen molar-refractivity contribution >= 4 is 9.84 Å². The molecule has 1 aromatic rings. The highest BCUT2D eigenvalue weighted by atomic mass is 32.2. The maximum atomic E-state index is 11.4. The van der Waals surface area contributed by atoms with Crippen molar-refractivity contribution in [2.24, 2.45) is 0 Å². The number of hydrogen-bond donors (Lipinski definition) is 1. The van der Waals surface area contributed by atoms with Gasteiger partial charge in [-0.2, -0.15) is 0 Å². The van der Waals surface area contributed by atoms with Crippen LogP contribution in [-0.4, -0.2) is 21.2 Å². The second-order valence-corrected chi connectivity index (χ2v) is 7.02. The van der Waals surface area contributed by atoms with E-state index < -0.39 is 9.84 Å². The summed E-state index contributed by atoms with van der Waals surface area (Å²) in [5.74, 6) is 0. The molecule has 0 saturated heterocycles. The highest BCUT2D eigenvalue weighted by Gasteiger charge is 2.12. The molecule has 0 spiro atoms. The summed E-state index contributed by atoms with van der Waals surface area (Å²) in [4.78, 5) is 0.362. The maximum Gasteiger partial charge on any atom is 0.175 e. The Hall–Kier alpha value is -1.13. The van der Waals surface area contributed by atoms with Gasteiger partial charge in [-0.25, -0.2) is 8.42 Å². The Morgan fingerprint density at radius 1 is 1.32 bits per heavy atom. The Balaban J connectivity index is 2.93. The molecular formula is C15H23NO2S. The van der Waals surface area contributed by atoms with Crippen LogP contribution in [0.3, 0.4) is 0 Å². The van der Waals surface area contributed by atoms with Gasteiger partial charge in [0.1, 0.15) is 0 Å². The minimum atomic E-state index is -3.12. The van der Waals surface area contributed by atoms with Crippen molar-refractivity contribution in [3.8, 4) is 0 Å². The summed E-state index contributed by atoms with van der Waals surface area (Å²) < 4.78 is 22.9. The van der Waals surface area contributed by atoms with Crippen molar-refractivity contribution in [2.75, 3.05) is 12.8 Å². The number of nitrogens with one attached hydrogen (secondary N) is 1. The summed E-state index contributed by atoms with van der Waals surface area (Å²) >= 11 is 0. The molecule has 1 N–H and O–H groups in total. The van der Waals surface area contributed by atoms with E-state index in [1.807, 2.05) is 19.1 Å². The third kappa shape index (κ3) is 5.17. The Morgan fingerprint density at radius 3 is 2.32 bits per heavy atom. The van der Waals surface area contributed by atoms with Crippen LogP contribution < -0.4 is 5.32 Å². The zero-order valence-electron chi connectivity index (χ0n) is 11.9. The SMILES string of the molecule is C=C(C)CC(NCCC)c1ccc(S(C)(=O)=O)cc1. The molecule has 0 heterocycles. The lowest BCUT2D eigenvalue weighted by Gasteiger charge is -2.19. The smallest absolute Gasteiger partial charge is 0.175 e. The van der Waals surface area contributed by atoms with Crippen molar-refractivity contribution in [1.82, 2.24) is 5.32 Å². The van der Waals surface area contributed by atoms with E-state index in [0.29, 0.717) is 4.90 Å². The zero-order valence-corrected chi connectivity index (χ0v) is 12.8. The van der Waals surface area contributed by atoms with Crippen molar-refractivity contribution in [2.45, 2.75) is 37.6 Å². The Morgan fingerprint density at radius 2 is 1.89 bits per heavy atom. The molecule has 1 rings (SSSR count). The molecule has 4 heteroatoms. The monoisotopic (exact) mass is 281 g/mol. The Labute approximate surface area is 116 Å². The summed E-state index contributed by atoms with van der Waals surface area (Å²) in [6.45, 7) is 9.01. The molecule has 1 unspecified atom stereocenters. The molecule has 0 aromatic heterocycles. The highest BCUT2D eigenvalue weighted by molar-refractivity contribution is 7.90. The van der Waals surface area contributed by atoms with Gasteiger partial charge in [0.25, 0.3) is 0 Å². The molecule has 0 bridgehead atoms. The predicted molar refractivity (Wildman–Crippen MR) is 80.0 cm³/mol. The molecule has 3 nitrogen and oxygen atoms in total. The van der Waals surface area contributed by atoms with Gasteiger partial charge in [-0.3, -0.25) is 0 Å². The van der Waals surface area contributed by atoms with Gasteiger partial charge in [0, 0.05) is 12.3 Å². The maximum absolute atomic E-state index is 11.4. The topological polar surface area (TPSA) is 46.2 Å². The van der Waals surface area contributed by atoms with Crippen LogP contribution in [-0.2, 0) is 9.84 Å². The minimum Gasteiger partial charge on any atom is -0.310 e. The highest BCUT2D eigenvalue weighted by Crippen LogP contribution is 2.22. The van der Waals surface area contributed by atoms with Gasteiger partial charge in [0.05, 0.1) is 4.90 Å². The number of sulfone groups is 1. The van der Waals surface area contributed by atoms with Crippen LogP contribution in [0, 0.1) is 0 Å². The number of benzene rings is 1. The van der Waals surface area contributed by atoms with Crippen LogP contribution in [0.25, 0.3) is 0 Å². The lowest BCUT2D eigenvalue weighted by Crippen LogP contribution is -2.22. The first kappa shape index (κ1) is 15.9. The first-order valence-corrected chi connectivity index (χ1v) is 8.41. The van der Waals surface area contributed by atoms with Crippen LogP contribution in [0.4, 0.5) is 0 Å². The molecule has 0 aliphatic rings. The molecule has 0 aliphatic heterocycles. The summed E-state index contributed by atoms with van der Waals surface area (Å²) in [5.41, 5.74) is 2.21. The Kier molecular flexibility index (Phi) is 5.76. The molecular weight excluding hydrogens is 258 g/mol. The van der Waals surface area contributed by atoms with E-state index in [4.69, 9.17) is 0 Å². The molecule has 0 amide bonds. The molecule has 0 fully saturated rings. The fourth-order valence-electron chi connectivity index (χ4n) is 1.92. The fourth-order valence-corrected chi connectivity index (χ4v) is 2.55. The van der Waals surface area contributed by atoms with Gasteiger partial charge < -0.3 is 5.32 Å². The van der Waals surface area contributed by atoms with E-state index in [2.05, 4.69) is 18.8 Å². The van der Waals surface area contributed by atoms with Gasteiger partial charge in [-0.1, -0.05) is 24.6 Å². The van der Waals surface area contributed by atoms with E-state index in [1.54, 1.807) is 12.1 Å². The van der Waals surface area contributed by atoms with Crippen LogP contribution in [0.5, 0.6) is 0 Å². The van der Waals surface area contributed by atoms with Crippen LogP contribution in [0.2, 0.25) is 0 Å². The lowest BCUT2D eigenvalue weighted by atomic mass is 10.0. The first-order valence-electron chi connectivity index (χ1n) is 6.52. The number of hydrogen-bond acceptors (Lipinski definition) is 3. The van der Waals surface area contributed by atoms with E-state index in [0.717, 1.165) is 30.5 Å². The van der Waals surface area contributed by atoms with Crippen molar-refractivity contribution in [3.63, 3.8) is 0 Å². The molecule has 106 valence electrons. The van der Waals surface area contributed by atoms with Gasteiger partial charge >= 0.3 is 0 Å². The van der Waals surface area contributed by atoms with E-state index in [-0.39, 0.29) is 6.04 Å². The second kappa shape index (κ2) is 6.87. The zero-order chi connectivity index (χ0) is 14.5. The Bertz CT molecular complexity index is 518. The van der Waals surface area contributed by atoms with Gasteiger partial charge in [-0.15, -0.1) is 6.58 Å². The summed E-state index contributed by atoms with van der Waals surface area (Å²) in [6.07, 6.45) is 3.15. The second-order valence-electron chi connectivity index (χ2n) is 5.01. The summed E-state index contributed by atoms with van der Waals surface area (Å²) in [6, 6.07) is 7.30. The third-order valence-electron chi connectivity index (χ3n) is 2.90. The summed E-state index contributed by atoms with van der Waals surface area (Å²) in [7, 11) is -3.12. The molecule has 0 aliphatic carbocycles. The quantitative estimate of drug-likeness (QED) is 0.781. The van der Waals surface area contributed by atoms with Crippen LogP contribution >= 0.6 is 0 Å². The van der Waals surface area contributed by atoms with Gasteiger partial charge in [0.2, 0.25) is 0 Å². The fraction of sp³-hybridized carbons (Fsp3) is 0.467. The lowest BCUT2D eigenvalue weighted by molar-refractivity contribution is 0.527. The van der Waals surface area contributed by atoms with Crippen LogP contribution in [0.15, 0.2) is 41.3 Å². The minimum absolute atomic E-state index is 0.200.